The summed E-state index contributed by atoms with van der Waals surface area (Å²) in [5.74, 6) is 2.02. The van der Waals surface area contributed by atoms with Crippen LogP contribution in [0.2, 0.25) is 0 Å². The molecule has 3 rings (SSSR count). The Kier molecular flexibility index (Phi) is 3.32. The minimum Gasteiger partial charge on any atom is -0.367 e. The van der Waals surface area contributed by atoms with Crippen LogP contribution in [0.5, 0.6) is 0 Å². The molecule has 2 N–H and O–H groups in total. The third-order valence-electron chi connectivity index (χ3n) is 4.03. The van der Waals surface area contributed by atoms with Gasteiger partial charge in [-0.25, -0.2) is 9.97 Å². The average Bonchev–Trinajstić information content (AvgIpc) is 2.83. The zero-order chi connectivity index (χ0) is 12.4. The molecule has 0 amide bonds. The van der Waals surface area contributed by atoms with Crippen LogP contribution in [0.25, 0.3) is 0 Å². The molecule has 2 aliphatic rings. The number of nitrogens with zero attached hydrogens (tertiary/aromatic N) is 3. The summed E-state index contributed by atoms with van der Waals surface area (Å²) in [6, 6.07) is 3.29. The molecule has 1 atom stereocenters. The second-order valence-corrected chi connectivity index (χ2v) is 5.25. The molecule has 1 aliphatic heterocycles. The molecule has 2 fully saturated rings. The number of hydrogen-bond acceptors (Lipinski definition) is 5. The Labute approximate surface area is 108 Å². The number of hydrogen-bond donors (Lipinski definition) is 2. The molecule has 0 spiro atoms. The Morgan fingerprint density at radius 3 is 2.78 bits per heavy atom. The van der Waals surface area contributed by atoms with Crippen molar-refractivity contribution in [3.63, 3.8) is 0 Å². The van der Waals surface area contributed by atoms with E-state index in [1.807, 2.05) is 7.05 Å². The second kappa shape index (κ2) is 5.10. The lowest BCUT2D eigenvalue weighted by atomic mass is 9.93. The molecule has 18 heavy (non-hydrogen) atoms. The third-order valence-corrected chi connectivity index (χ3v) is 4.03. The monoisotopic (exact) mass is 247 g/mol. The SMILES string of the molecule is CNC1CCN(c2cc(NC3CCC3)ncn2)C1. The lowest BCUT2D eigenvalue weighted by Crippen LogP contribution is -2.30. The summed E-state index contributed by atoms with van der Waals surface area (Å²) in [5.41, 5.74) is 0. The molecule has 2 heterocycles. The molecule has 0 radical (unpaired) electrons. The summed E-state index contributed by atoms with van der Waals surface area (Å²) < 4.78 is 0. The molecule has 1 aromatic rings. The van der Waals surface area contributed by atoms with Crippen LogP contribution < -0.4 is 15.5 Å². The first-order valence-corrected chi connectivity index (χ1v) is 6.86. The van der Waals surface area contributed by atoms with Crippen LogP contribution in [0.15, 0.2) is 12.4 Å². The Hall–Kier alpha value is -1.36. The lowest BCUT2D eigenvalue weighted by Gasteiger charge is -2.27. The van der Waals surface area contributed by atoms with Crippen molar-refractivity contribution in [3.8, 4) is 0 Å². The highest BCUT2D eigenvalue weighted by molar-refractivity contribution is 5.49. The fourth-order valence-electron chi connectivity index (χ4n) is 2.56. The Balaban J connectivity index is 1.66. The number of aromatic nitrogens is 2. The van der Waals surface area contributed by atoms with Gasteiger partial charge in [-0.2, -0.15) is 0 Å². The molecular weight excluding hydrogens is 226 g/mol. The van der Waals surface area contributed by atoms with Gasteiger partial charge in [-0.3, -0.25) is 0 Å². The van der Waals surface area contributed by atoms with Gasteiger partial charge in [-0.05, 0) is 32.7 Å². The largest absolute Gasteiger partial charge is 0.367 e. The van der Waals surface area contributed by atoms with Gasteiger partial charge in [-0.15, -0.1) is 0 Å². The van der Waals surface area contributed by atoms with Gasteiger partial charge in [0, 0.05) is 31.2 Å². The smallest absolute Gasteiger partial charge is 0.134 e. The molecule has 1 saturated heterocycles. The topological polar surface area (TPSA) is 53.1 Å². The Morgan fingerprint density at radius 2 is 2.11 bits per heavy atom. The van der Waals surface area contributed by atoms with Crippen LogP contribution in [0.1, 0.15) is 25.7 Å². The predicted octanol–water partition coefficient (Wildman–Crippen LogP) is 1.24. The fraction of sp³-hybridized carbons (Fsp3) is 0.692. The Bertz CT molecular complexity index is 404. The number of nitrogens with one attached hydrogen (secondary N) is 2. The third kappa shape index (κ3) is 2.41. The van der Waals surface area contributed by atoms with Crippen molar-refractivity contribution in [2.24, 2.45) is 0 Å². The highest BCUT2D eigenvalue weighted by Gasteiger charge is 2.23. The molecule has 5 nitrogen and oxygen atoms in total. The van der Waals surface area contributed by atoms with Gasteiger partial charge in [0.25, 0.3) is 0 Å². The van der Waals surface area contributed by atoms with E-state index in [-0.39, 0.29) is 0 Å². The van der Waals surface area contributed by atoms with E-state index in [1.54, 1.807) is 6.33 Å². The van der Waals surface area contributed by atoms with Crippen molar-refractivity contribution in [2.75, 3.05) is 30.4 Å². The molecular formula is C13H21N5. The number of anilines is 2. The number of rotatable bonds is 4. The van der Waals surface area contributed by atoms with Gasteiger partial charge in [0.15, 0.2) is 0 Å². The van der Waals surface area contributed by atoms with Crippen LogP contribution in [-0.2, 0) is 0 Å². The molecule has 1 saturated carbocycles. The first-order valence-electron chi connectivity index (χ1n) is 6.86. The van der Waals surface area contributed by atoms with Crippen LogP contribution in [0, 0.1) is 0 Å². The molecule has 1 aliphatic carbocycles. The predicted molar refractivity (Wildman–Crippen MR) is 73.0 cm³/mol. The van der Waals surface area contributed by atoms with E-state index in [4.69, 9.17) is 0 Å². The minimum atomic E-state index is 0.586. The lowest BCUT2D eigenvalue weighted by molar-refractivity contribution is 0.444. The minimum absolute atomic E-state index is 0.586. The Morgan fingerprint density at radius 1 is 1.22 bits per heavy atom. The van der Waals surface area contributed by atoms with Crippen LogP contribution >= 0.6 is 0 Å². The van der Waals surface area contributed by atoms with Crippen LogP contribution in [-0.4, -0.2) is 42.2 Å². The van der Waals surface area contributed by atoms with Gasteiger partial charge in [0.2, 0.25) is 0 Å². The summed E-state index contributed by atoms with van der Waals surface area (Å²) in [4.78, 5) is 11.0. The summed E-state index contributed by atoms with van der Waals surface area (Å²) in [6.45, 7) is 2.11. The second-order valence-electron chi connectivity index (χ2n) is 5.25. The van der Waals surface area contributed by atoms with E-state index >= 15 is 0 Å². The summed E-state index contributed by atoms with van der Waals surface area (Å²) in [6.07, 6.45) is 6.73. The van der Waals surface area contributed by atoms with Crippen LogP contribution in [0.4, 0.5) is 11.6 Å². The van der Waals surface area contributed by atoms with Gasteiger partial charge < -0.3 is 15.5 Å². The molecule has 0 aromatic carbocycles. The molecule has 1 aromatic heterocycles. The summed E-state index contributed by atoms with van der Waals surface area (Å²) >= 11 is 0. The van der Waals surface area contributed by atoms with Crippen molar-refractivity contribution in [3.05, 3.63) is 12.4 Å². The summed E-state index contributed by atoms with van der Waals surface area (Å²) in [5, 5.41) is 6.80. The van der Waals surface area contributed by atoms with Crippen molar-refractivity contribution in [1.29, 1.82) is 0 Å². The van der Waals surface area contributed by atoms with E-state index in [2.05, 4.69) is 31.6 Å². The van der Waals surface area contributed by atoms with Gasteiger partial charge in [0.05, 0.1) is 0 Å². The van der Waals surface area contributed by atoms with Crippen LogP contribution in [0.3, 0.4) is 0 Å². The van der Waals surface area contributed by atoms with E-state index in [0.29, 0.717) is 12.1 Å². The van der Waals surface area contributed by atoms with Gasteiger partial charge >= 0.3 is 0 Å². The number of likely N-dealkylation sites (N-methyl/N-ethyl adjacent to an activating group) is 1. The highest BCUT2D eigenvalue weighted by Crippen LogP contribution is 2.24. The molecule has 0 bridgehead atoms. The maximum atomic E-state index is 4.39. The van der Waals surface area contributed by atoms with Crippen molar-refractivity contribution in [2.45, 2.75) is 37.8 Å². The maximum absolute atomic E-state index is 4.39. The first kappa shape index (κ1) is 11.7. The van der Waals surface area contributed by atoms with Crippen molar-refractivity contribution < 1.29 is 0 Å². The normalized spacial score (nSPS) is 24.1. The van der Waals surface area contributed by atoms with E-state index in [9.17, 15) is 0 Å². The van der Waals surface area contributed by atoms with E-state index in [1.165, 1.54) is 25.7 Å². The van der Waals surface area contributed by atoms with Gasteiger partial charge in [0.1, 0.15) is 18.0 Å². The molecule has 1 unspecified atom stereocenters. The van der Waals surface area contributed by atoms with E-state index < -0.39 is 0 Å². The van der Waals surface area contributed by atoms with Gasteiger partial charge in [-0.1, -0.05) is 0 Å². The first-order chi connectivity index (χ1) is 8.85. The van der Waals surface area contributed by atoms with Crippen molar-refractivity contribution >= 4 is 11.6 Å². The zero-order valence-electron chi connectivity index (χ0n) is 10.9. The zero-order valence-corrected chi connectivity index (χ0v) is 10.9. The average molecular weight is 247 g/mol. The fourth-order valence-corrected chi connectivity index (χ4v) is 2.56. The van der Waals surface area contributed by atoms with Crippen molar-refractivity contribution in [1.82, 2.24) is 15.3 Å². The standard InChI is InChI=1S/C13H21N5/c1-14-11-5-6-18(8-11)13-7-12(15-9-16-13)17-10-3-2-4-10/h7,9-11,14H,2-6,8H2,1H3,(H,15,16,17). The maximum Gasteiger partial charge on any atom is 0.134 e. The quantitative estimate of drug-likeness (QED) is 0.838. The van der Waals surface area contributed by atoms with E-state index in [0.717, 1.165) is 24.7 Å². The molecule has 98 valence electrons. The summed E-state index contributed by atoms with van der Waals surface area (Å²) in [7, 11) is 2.03. The molecule has 5 heteroatoms. The highest BCUT2D eigenvalue weighted by atomic mass is 15.2.